The van der Waals surface area contributed by atoms with Gasteiger partial charge in [-0.05, 0) is 43.3 Å². The second-order valence-corrected chi connectivity index (χ2v) is 5.74. The molecule has 0 aliphatic heterocycles. The summed E-state index contributed by atoms with van der Waals surface area (Å²) in [6, 6.07) is 2.61. The van der Waals surface area contributed by atoms with Gasteiger partial charge in [-0.25, -0.2) is 9.97 Å². The van der Waals surface area contributed by atoms with Crippen molar-refractivity contribution in [2.24, 2.45) is 0 Å². The fourth-order valence-electron chi connectivity index (χ4n) is 2.94. The molecule has 18 heavy (non-hydrogen) atoms. The van der Waals surface area contributed by atoms with Crippen LogP contribution in [0.15, 0.2) is 30.2 Å². The van der Waals surface area contributed by atoms with Gasteiger partial charge in [0.05, 0.1) is 0 Å². The Morgan fingerprint density at radius 2 is 2.22 bits per heavy atom. The van der Waals surface area contributed by atoms with Crippen LogP contribution in [0.1, 0.15) is 40.8 Å². The number of nitrogens with zero attached hydrogens (tertiary/aromatic N) is 2. The van der Waals surface area contributed by atoms with Crippen LogP contribution >= 0.6 is 11.3 Å². The summed E-state index contributed by atoms with van der Waals surface area (Å²) in [4.78, 5) is 9.85. The molecular formula is C14H17N3S. The lowest BCUT2D eigenvalue weighted by Crippen LogP contribution is -2.26. The summed E-state index contributed by atoms with van der Waals surface area (Å²) < 4.78 is 0. The van der Waals surface area contributed by atoms with Gasteiger partial charge in [-0.2, -0.15) is 0 Å². The molecule has 1 aliphatic carbocycles. The summed E-state index contributed by atoms with van der Waals surface area (Å²) in [5.41, 5.74) is 2.71. The summed E-state index contributed by atoms with van der Waals surface area (Å²) in [6.45, 7) is 0. The van der Waals surface area contributed by atoms with Crippen molar-refractivity contribution in [1.82, 2.24) is 15.3 Å². The molecule has 2 aromatic rings. The Morgan fingerprint density at radius 1 is 1.39 bits per heavy atom. The van der Waals surface area contributed by atoms with Crippen LogP contribution in [0.4, 0.5) is 0 Å². The van der Waals surface area contributed by atoms with E-state index in [2.05, 4.69) is 26.7 Å². The first kappa shape index (κ1) is 11.8. The van der Waals surface area contributed by atoms with E-state index in [9.17, 15) is 0 Å². The van der Waals surface area contributed by atoms with Crippen LogP contribution in [0.3, 0.4) is 0 Å². The summed E-state index contributed by atoms with van der Waals surface area (Å²) >= 11 is 1.89. The maximum atomic E-state index is 4.14. The summed E-state index contributed by atoms with van der Waals surface area (Å²) in [7, 11) is 2.03. The van der Waals surface area contributed by atoms with E-state index in [0.717, 1.165) is 0 Å². The molecule has 1 N–H and O–H groups in total. The first-order valence-corrected chi connectivity index (χ1v) is 7.26. The van der Waals surface area contributed by atoms with E-state index < -0.39 is 0 Å². The number of fused-ring (bicyclic) bond motifs is 1. The van der Waals surface area contributed by atoms with Gasteiger partial charge in [0.15, 0.2) is 0 Å². The molecule has 4 heteroatoms. The highest BCUT2D eigenvalue weighted by Gasteiger charge is 2.29. The lowest BCUT2D eigenvalue weighted by molar-refractivity contribution is 0.426. The van der Waals surface area contributed by atoms with Gasteiger partial charge in [-0.1, -0.05) is 0 Å². The van der Waals surface area contributed by atoms with E-state index in [-0.39, 0.29) is 0 Å². The fourth-order valence-corrected chi connectivity index (χ4v) is 3.94. The number of aromatic nitrogens is 2. The standard InChI is InChI=1S/C14H17N3S/c1-15-14(10-7-16-9-17-8-10)12-3-2-4-13-11(12)5-6-18-13/h5-9,12,14-15H,2-4H2,1H3. The average molecular weight is 259 g/mol. The van der Waals surface area contributed by atoms with Crippen LogP contribution in [0, 0.1) is 0 Å². The van der Waals surface area contributed by atoms with Gasteiger partial charge < -0.3 is 5.32 Å². The Balaban J connectivity index is 1.95. The molecule has 0 spiro atoms. The van der Waals surface area contributed by atoms with E-state index in [4.69, 9.17) is 0 Å². The third-order valence-corrected chi connectivity index (χ3v) is 4.75. The summed E-state index contributed by atoms with van der Waals surface area (Å²) in [6.07, 6.45) is 9.20. The predicted octanol–water partition coefficient (Wildman–Crippen LogP) is 2.92. The highest BCUT2D eigenvalue weighted by Crippen LogP contribution is 2.41. The van der Waals surface area contributed by atoms with Crippen LogP contribution in [-0.4, -0.2) is 17.0 Å². The molecule has 0 aromatic carbocycles. The molecule has 0 radical (unpaired) electrons. The second kappa shape index (κ2) is 5.16. The number of thiophene rings is 1. The van der Waals surface area contributed by atoms with Crippen molar-refractivity contribution in [3.05, 3.63) is 46.2 Å². The Kier molecular flexibility index (Phi) is 3.39. The first-order chi connectivity index (χ1) is 8.90. The van der Waals surface area contributed by atoms with Crippen LogP contribution in [0.2, 0.25) is 0 Å². The molecule has 0 saturated carbocycles. The molecule has 3 nitrogen and oxygen atoms in total. The van der Waals surface area contributed by atoms with Crippen molar-refractivity contribution in [3.8, 4) is 0 Å². The van der Waals surface area contributed by atoms with Crippen molar-refractivity contribution in [3.63, 3.8) is 0 Å². The SMILES string of the molecule is CNC(c1cncnc1)C1CCCc2sccc21. The number of rotatable bonds is 3. The fraction of sp³-hybridized carbons (Fsp3) is 0.429. The zero-order chi connectivity index (χ0) is 12.4. The number of hydrogen-bond acceptors (Lipinski definition) is 4. The van der Waals surface area contributed by atoms with Gasteiger partial charge >= 0.3 is 0 Å². The monoisotopic (exact) mass is 259 g/mol. The number of likely N-dealkylation sites (N-methyl/N-ethyl adjacent to an activating group) is 1. The largest absolute Gasteiger partial charge is 0.312 e. The molecule has 0 fully saturated rings. The third-order valence-electron chi connectivity index (χ3n) is 3.75. The third kappa shape index (κ3) is 2.06. The van der Waals surface area contributed by atoms with E-state index in [0.29, 0.717) is 12.0 Å². The minimum atomic E-state index is 0.319. The molecular weight excluding hydrogens is 242 g/mol. The number of aryl methyl sites for hydroxylation is 1. The minimum Gasteiger partial charge on any atom is -0.312 e. The molecule has 94 valence electrons. The average Bonchev–Trinajstić information content (AvgIpc) is 2.90. The van der Waals surface area contributed by atoms with Gasteiger partial charge in [0.2, 0.25) is 0 Å². The first-order valence-electron chi connectivity index (χ1n) is 6.38. The van der Waals surface area contributed by atoms with Crippen LogP contribution in [-0.2, 0) is 6.42 Å². The quantitative estimate of drug-likeness (QED) is 0.921. The lowest BCUT2D eigenvalue weighted by atomic mass is 9.80. The smallest absolute Gasteiger partial charge is 0.115 e. The maximum absolute atomic E-state index is 4.14. The zero-order valence-corrected chi connectivity index (χ0v) is 11.3. The maximum Gasteiger partial charge on any atom is 0.115 e. The van der Waals surface area contributed by atoms with Crippen LogP contribution in [0.5, 0.6) is 0 Å². The van der Waals surface area contributed by atoms with Gasteiger partial charge in [0.25, 0.3) is 0 Å². The molecule has 0 saturated heterocycles. The van der Waals surface area contributed by atoms with E-state index in [1.807, 2.05) is 30.8 Å². The molecule has 1 aliphatic rings. The molecule has 0 bridgehead atoms. The van der Waals surface area contributed by atoms with E-state index in [1.165, 1.54) is 30.4 Å². The van der Waals surface area contributed by atoms with Crippen molar-refractivity contribution in [1.29, 1.82) is 0 Å². The highest BCUT2D eigenvalue weighted by atomic mass is 32.1. The van der Waals surface area contributed by atoms with Crippen LogP contribution < -0.4 is 5.32 Å². The predicted molar refractivity (Wildman–Crippen MR) is 73.8 cm³/mol. The van der Waals surface area contributed by atoms with E-state index in [1.54, 1.807) is 11.2 Å². The molecule has 2 heterocycles. The lowest BCUT2D eigenvalue weighted by Gasteiger charge is -2.30. The Morgan fingerprint density at radius 3 is 3.00 bits per heavy atom. The van der Waals surface area contributed by atoms with Gasteiger partial charge in [0, 0.05) is 34.8 Å². The molecule has 2 unspecified atom stereocenters. The van der Waals surface area contributed by atoms with Crippen molar-refractivity contribution in [2.75, 3.05) is 7.05 Å². The normalized spacial score (nSPS) is 20.4. The molecule has 2 aromatic heterocycles. The van der Waals surface area contributed by atoms with Crippen molar-refractivity contribution in [2.45, 2.75) is 31.2 Å². The minimum absolute atomic E-state index is 0.319. The van der Waals surface area contributed by atoms with Gasteiger partial charge in [-0.15, -0.1) is 11.3 Å². The molecule has 0 amide bonds. The Hall–Kier alpha value is -1.26. The van der Waals surface area contributed by atoms with Crippen molar-refractivity contribution >= 4 is 11.3 Å². The summed E-state index contributed by atoms with van der Waals surface area (Å²) in [5, 5.41) is 5.66. The highest BCUT2D eigenvalue weighted by molar-refractivity contribution is 7.10. The molecule has 2 atom stereocenters. The van der Waals surface area contributed by atoms with Gasteiger partial charge in [-0.3, -0.25) is 0 Å². The van der Waals surface area contributed by atoms with Crippen molar-refractivity contribution < 1.29 is 0 Å². The summed E-state index contributed by atoms with van der Waals surface area (Å²) in [5.74, 6) is 0.552. The number of hydrogen-bond donors (Lipinski definition) is 1. The number of nitrogens with one attached hydrogen (secondary N) is 1. The second-order valence-electron chi connectivity index (χ2n) is 4.74. The molecule has 3 rings (SSSR count). The Bertz CT molecular complexity index is 509. The zero-order valence-electron chi connectivity index (χ0n) is 10.5. The van der Waals surface area contributed by atoms with Crippen LogP contribution in [0.25, 0.3) is 0 Å². The van der Waals surface area contributed by atoms with Gasteiger partial charge in [0.1, 0.15) is 6.33 Å². The van der Waals surface area contributed by atoms with E-state index >= 15 is 0 Å². The topological polar surface area (TPSA) is 37.8 Å². The Labute approximate surface area is 111 Å².